The van der Waals surface area contributed by atoms with Crippen molar-refractivity contribution in [3.8, 4) is 0 Å². The standard InChI is InChI=1S/C44H47P3/c1-34(41-30-18-32-43(41)46(37-22-10-4-11-23-37)38-24-12-5-13-25-38)45(36-20-8-3-9-21-36)35(2)42-31-19-33-44(42)47(39-26-14-6-15-27-39)40-28-16-7-17-29-40/h4-7,10-19,22-36,41-42H,3,8-9,20-21H2,1-2H3/t34-,35-,41?,42?,45?/m1/s1. The summed E-state index contributed by atoms with van der Waals surface area (Å²) >= 11 is 0. The van der Waals surface area contributed by atoms with Gasteiger partial charge in [-0.1, -0.05) is 199 Å². The molecular formula is C44H47P3. The van der Waals surface area contributed by atoms with Gasteiger partial charge in [0.2, 0.25) is 0 Å². The average Bonchev–Trinajstić information content (AvgIpc) is 3.82. The van der Waals surface area contributed by atoms with Crippen molar-refractivity contribution in [2.75, 3.05) is 0 Å². The summed E-state index contributed by atoms with van der Waals surface area (Å²) in [5, 5.41) is 9.17. The van der Waals surface area contributed by atoms with Gasteiger partial charge in [0.15, 0.2) is 0 Å². The molecule has 0 N–H and O–H groups in total. The van der Waals surface area contributed by atoms with Crippen LogP contribution >= 0.6 is 23.8 Å². The van der Waals surface area contributed by atoms with Crippen molar-refractivity contribution < 1.29 is 0 Å². The lowest BCUT2D eigenvalue weighted by Crippen LogP contribution is -2.31. The molecule has 0 heterocycles. The van der Waals surface area contributed by atoms with Gasteiger partial charge < -0.3 is 0 Å². The van der Waals surface area contributed by atoms with Crippen LogP contribution in [0.3, 0.4) is 0 Å². The Kier molecular flexibility index (Phi) is 10.8. The van der Waals surface area contributed by atoms with Crippen LogP contribution in [-0.2, 0) is 0 Å². The van der Waals surface area contributed by atoms with Gasteiger partial charge in [-0.15, -0.1) is 0 Å². The van der Waals surface area contributed by atoms with Gasteiger partial charge in [0.25, 0.3) is 0 Å². The molecule has 3 heteroatoms. The molecule has 2 unspecified atom stereocenters. The second-order valence-electron chi connectivity index (χ2n) is 13.2. The second kappa shape index (κ2) is 15.6. The first-order valence-corrected chi connectivity index (χ1v) is 21.8. The van der Waals surface area contributed by atoms with Gasteiger partial charge in [-0.05, 0) is 77.5 Å². The first kappa shape index (κ1) is 32.7. The smallest absolute Gasteiger partial charge is 0.00969 e. The molecule has 7 rings (SSSR count). The third-order valence-electron chi connectivity index (χ3n) is 10.4. The number of hydrogen-bond acceptors (Lipinski definition) is 0. The van der Waals surface area contributed by atoms with Gasteiger partial charge >= 0.3 is 0 Å². The average molecular weight is 669 g/mol. The Balaban J connectivity index is 1.24. The van der Waals surface area contributed by atoms with E-state index in [0.717, 1.165) is 5.66 Å². The van der Waals surface area contributed by atoms with E-state index in [1.165, 1.54) is 53.3 Å². The summed E-state index contributed by atoms with van der Waals surface area (Å²) in [6.07, 6.45) is 22.0. The van der Waals surface area contributed by atoms with Crippen LogP contribution in [0.4, 0.5) is 0 Å². The van der Waals surface area contributed by atoms with Crippen molar-refractivity contribution in [1.29, 1.82) is 0 Å². The zero-order chi connectivity index (χ0) is 32.0. The predicted molar refractivity (Wildman–Crippen MR) is 212 cm³/mol. The lowest BCUT2D eigenvalue weighted by atomic mass is 10.0. The maximum atomic E-state index is 2.65. The van der Waals surface area contributed by atoms with E-state index >= 15 is 0 Å². The molecule has 0 spiro atoms. The summed E-state index contributed by atoms with van der Waals surface area (Å²) in [6, 6.07) is 45.4. The van der Waals surface area contributed by atoms with Gasteiger partial charge in [-0.3, -0.25) is 0 Å². The minimum atomic E-state index is -0.588. The third kappa shape index (κ3) is 7.13. The maximum absolute atomic E-state index is 2.65. The quantitative estimate of drug-likeness (QED) is 0.140. The summed E-state index contributed by atoms with van der Waals surface area (Å²) in [7, 11) is -1.44. The van der Waals surface area contributed by atoms with Crippen LogP contribution in [0.25, 0.3) is 0 Å². The van der Waals surface area contributed by atoms with Crippen molar-refractivity contribution >= 4 is 45.0 Å². The lowest BCUT2D eigenvalue weighted by Gasteiger charge is -2.45. The molecule has 0 aliphatic heterocycles. The molecule has 3 aliphatic rings. The van der Waals surface area contributed by atoms with Gasteiger partial charge in [0.1, 0.15) is 0 Å². The van der Waals surface area contributed by atoms with E-state index < -0.39 is 15.8 Å². The van der Waals surface area contributed by atoms with Crippen LogP contribution in [0.15, 0.2) is 168 Å². The molecule has 0 aromatic heterocycles. The van der Waals surface area contributed by atoms with Crippen molar-refractivity contribution in [3.05, 3.63) is 168 Å². The fourth-order valence-electron chi connectivity index (χ4n) is 8.22. The maximum Gasteiger partial charge on any atom is 0.00969 e. The minimum absolute atomic E-state index is 0.265. The van der Waals surface area contributed by atoms with Crippen LogP contribution in [-0.4, -0.2) is 17.0 Å². The summed E-state index contributed by atoms with van der Waals surface area (Å²) in [6.45, 7) is 5.29. The molecule has 0 saturated heterocycles. The number of allylic oxidation sites excluding steroid dienone is 8. The van der Waals surface area contributed by atoms with Crippen LogP contribution in [0.1, 0.15) is 46.0 Å². The molecule has 0 radical (unpaired) electrons. The van der Waals surface area contributed by atoms with Crippen LogP contribution in [0.5, 0.6) is 0 Å². The molecule has 4 aromatic carbocycles. The predicted octanol–water partition coefficient (Wildman–Crippen LogP) is 11.0. The molecule has 1 fully saturated rings. The fourth-order valence-corrected chi connectivity index (χ4v) is 18.1. The van der Waals surface area contributed by atoms with Gasteiger partial charge in [0.05, 0.1) is 0 Å². The monoisotopic (exact) mass is 668 g/mol. The Morgan fingerprint density at radius 1 is 0.468 bits per heavy atom. The van der Waals surface area contributed by atoms with E-state index in [1.807, 2.05) is 0 Å². The molecular weight excluding hydrogens is 621 g/mol. The lowest BCUT2D eigenvalue weighted by molar-refractivity contribution is 0.503. The van der Waals surface area contributed by atoms with E-state index in [2.05, 4.69) is 172 Å². The summed E-state index contributed by atoms with van der Waals surface area (Å²) < 4.78 is 0. The molecule has 47 heavy (non-hydrogen) atoms. The van der Waals surface area contributed by atoms with Crippen molar-refractivity contribution in [1.82, 2.24) is 0 Å². The van der Waals surface area contributed by atoms with E-state index in [4.69, 9.17) is 0 Å². The van der Waals surface area contributed by atoms with Gasteiger partial charge in [0, 0.05) is 11.8 Å². The van der Waals surface area contributed by atoms with Crippen LogP contribution in [0.2, 0.25) is 0 Å². The largest absolute Gasteiger partial charge is 0.0958 e. The molecule has 4 atom stereocenters. The first-order chi connectivity index (χ1) is 23.2. The van der Waals surface area contributed by atoms with Crippen molar-refractivity contribution in [2.24, 2.45) is 11.8 Å². The normalized spacial score (nSPS) is 21.5. The Morgan fingerprint density at radius 3 is 1.15 bits per heavy atom. The number of benzene rings is 4. The summed E-state index contributed by atoms with van der Waals surface area (Å²) in [4.78, 5) is 0. The molecule has 0 bridgehead atoms. The minimum Gasteiger partial charge on any atom is -0.0958 e. The van der Waals surface area contributed by atoms with Crippen LogP contribution in [0, 0.1) is 11.8 Å². The highest BCUT2D eigenvalue weighted by molar-refractivity contribution is 7.77. The Bertz CT molecular complexity index is 1500. The van der Waals surface area contributed by atoms with Gasteiger partial charge in [-0.25, -0.2) is 0 Å². The Morgan fingerprint density at radius 2 is 0.809 bits per heavy atom. The van der Waals surface area contributed by atoms with Crippen LogP contribution < -0.4 is 21.2 Å². The fraction of sp³-hybridized carbons (Fsp3) is 0.273. The van der Waals surface area contributed by atoms with E-state index in [0.29, 0.717) is 23.2 Å². The number of hydrogen-bond donors (Lipinski definition) is 0. The van der Waals surface area contributed by atoms with Crippen molar-refractivity contribution in [3.63, 3.8) is 0 Å². The molecule has 238 valence electrons. The first-order valence-electron chi connectivity index (χ1n) is 17.6. The summed E-state index contributed by atoms with van der Waals surface area (Å²) in [5.41, 5.74) is 2.09. The highest BCUT2D eigenvalue weighted by Crippen LogP contribution is 2.65. The van der Waals surface area contributed by atoms with E-state index in [9.17, 15) is 0 Å². The Hall–Kier alpha value is -2.87. The molecule has 1 saturated carbocycles. The zero-order valence-corrected chi connectivity index (χ0v) is 30.5. The molecule has 0 amide bonds. The number of rotatable bonds is 11. The topological polar surface area (TPSA) is 0 Å². The molecule has 0 nitrogen and oxygen atoms in total. The SMILES string of the molecule is C[C@H](C1C=CC=C1P(c1ccccc1)c1ccccc1)P(C1CCCCC1)[C@H](C)C1C=CC=C1P(c1ccccc1)c1ccccc1. The second-order valence-corrected chi connectivity index (χ2v) is 20.9. The highest BCUT2D eigenvalue weighted by atomic mass is 31.1. The highest BCUT2D eigenvalue weighted by Gasteiger charge is 2.42. The van der Waals surface area contributed by atoms with E-state index in [-0.39, 0.29) is 7.92 Å². The third-order valence-corrected chi connectivity index (χ3v) is 19.5. The van der Waals surface area contributed by atoms with Crippen molar-refractivity contribution in [2.45, 2.75) is 62.9 Å². The van der Waals surface area contributed by atoms with Gasteiger partial charge in [-0.2, -0.15) is 0 Å². The molecule has 3 aliphatic carbocycles. The zero-order valence-electron chi connectivity index (χ0n) is 27.8. The van der Waals surface area contributed by atoms with E-state index in [1.54, 1.807) is 10.6 Å². The summed E-state index contributed by atoms with van der Waals surface area (Å²) in [5.74, 6) is 0.971. The Labute approximate surface area is 287 Å². The molecule has 4 aromatic rings.